The molecule has 2 aliphatic rings. The molecule has 2 aromatic carbocycles. The Morgan fingerprint density at radius 1 is 0.844 bits per heavy atom. The summed E-state index contributed by atoms with van der Waals surface area (Å²) in [5.74, 6) is -2.31. The van der Waals surface area contributed by atoms with E-state index < -0.39 is 41.6 Å². The lowest BCUT2D eigenvalue weighted by molar-refractivity contribution is -0.137. The van der Waals surface area contributed by atoms with Crippen LogP contribution in [0.5, 0.6) is 0 Å². The molecule has 0 spiro atoms. The molecule has 2 saturated heterocycles. The normalized spacial score (nSPS) is 23.0. The molecule has 9 heteroatoms. The summed E-state index contributed by atoms with van der Waals surface area (Å²) in [4.78, 5) is 37.6. The monoisotopic (exact) mass is 439 g/mol. The summed E-state index contributed by atoms with van der Waals surface area (Å²) in [5, 5.41) is 1.48. The van der Waals surface area contributed by atoms with Gasteiger partial charge in [-0.25, -0.2) is 9.96 Å². The molecule has 0 radical (unpaired) electrons. The number of alkyl halides is 3. The van der Waals surface area contributed by atoms with E-state index in [4.69, 9.17) is 4.84 Å². The lowest BCUT2D eigenvalue weighted by Gasteiger charge is -2.28. The first kappa shape index (κ1) is 20.2. The van der Waals surface area contributed by atoms with Crippen LogP contribution in [0.4, 0.5) is 24.5 Å². The molecule has 0 bridgehead atoms. The molecule has 0 aliphatic carbocycles. The lowest BCUT2D eigenvalue weighted by Crippen LogP contribution is -2.37. The van der Waals surface area contributed by atoms with E-state index in [0.717, 1.165) is 17.0 Å². The van der Waals surface area contributed by atoms with Gasteiger partial charge in [-0.2, -0.15) is 13.2 Å². The lowest BCUT2D eigenvalue weighted by atomic mass is 9.93. The van der Waals surface area contributed by atoms with Crippen molar-refractivity contribution in [1.82, 2.24) is 4.98 Å². The fraction of sp³-hybridized carbons (Fsp3) is 0.174. The first-order chi connectivity index (χ1) is 15.4. The average Bonchev–Trinajstić information content (AvgIpc) is 3.30. The van der Waals surface area contributed by atoms with Crippen LogP contribution in [0.3, 0.4) is 0 Å². The number of fused-ring (bicyclic) bond motifs is 1. The number of amides is 2. The van der Waals surface area contributed by atoms with Gasteiger partial charge < -0.3 is 0 Å². The Morgan fingerprint density at radius 2 is 1.56 bits per heavy atom. The van der Waals surface area contributed by atoms with Gasteiger partial charge in [-0.1, -0.05) is 30.3 Å². The van der Waals surface area contributed by atoms with E-state index in [-0.39, 0.29) is 5.69 Å². The van der Waals surface area contributed by atoms with Crippen molar-refractivity contribution in [2.75, 3.05) is 9.96 Å². The van der Waals surface area contributed by atoms with Gasteiger partial charge in [0.2, 0.25) is 5.91 Å². The van der Waals surface area contributed by atoms with Gasteiger partial charge in [0.15, 0.2) is 6.10 Å². The van der Waals surface area contributed by atoms with Crippen LogP contribution >= 0.6 is 0 Å². The zero-order valence-electron chi connectivity index (χ0n) is 16.4. The Balaban J connectivity index is 1.56. The number of hydroxylamine groups is 1. The number of aromatic nitrogens is 1. The SMILES string of the molecule is O=C1[C@@H]2[C@H](ON(c3ccccc3)[C@H]2c2ccccn2)C(=O)N1c1cccc(C(F)(F)F)c1. The van der Waals surface area contributed by atoms with Crippen LogP contribution in [0.2, 0.25) is 0 Å². The van der Waals surface area contributed by atoms with Crippen molar-refractivity contribution in [3.8, 4) is 0 Å². The number of hydrogen-bond acceptors (Lipinski definition) is 5. The molecule has 0 unspecified atom stereocenters. The smallest absolute Gasteiger partial charge is 0.273 e. The minimum absolute atomic E-state index is 0.140. The van der Waals surface area contributed by atoms with E-state index in [0.29, 0.717) is 11.4 Å². The van der Waals surface area contributed by atoms with Crippen molar-refractivity contribution in [2.45, 2.75) is 18.3 Å². The second-order valence-corrected chi connectivity index (χ2v) is 7.47. The zero-order valence-corrected chi connectivity index (χ0v) is 16.4. The summed E-state index contributed by atoms with van der Waals surface area (Å²) < 4.78 is 39.5. The molecule has 2 aliphatic heterocycles. The van der Waals surface area contributed by atoms with Crippen LogP contribution in [-0.4, -0.2) is 22.9 Å². The topological polar surface area (TPSA) is 62.7 Å². The Bertz CT molecular complexity index is 1170. The average molecular weight is 439 g/mol. The number of benzene rings is 2. The minimum Gasteiger partial charge on any atom is -0.273 e. The van der Waals surface area contributed by atoms with E-state index in [1.54, 1.807) is 48.7 Å². The predicted octanol–water partition coefficient (Wildman–Crippen LogP) is 4.15. The number of halogens is 3. The molecule has 0 N–H and O–H groups in total. The fourth-order valence-electron chi connectivity index (χ4n) is 4.14. The molecule has 32 heavy (non-hydrogen) atoms. The fourth-order valence-corrected chi connectivity index (χ4v) is 4.14. The van der Waals surface area contributed by atoms with Gasteiger partial charge in [-0.15, -0.1) is 0 Å². The third-order valence-corrected chi connectivity index (χ3v) is 5.55. The molecule has 162 valence electrons. The highest BCUT2D eigenvalue weighted by atomic mass is 19.4. The molecule has 3 aromatic rings. The summed E-state index contributed by atoms with van der Waals surface area (Å²) in [6.07, 6.45) is -4.21. The van der Waals surface area contributed by atoms with Gasteiger partial charge in [0.1, 0.15) is 12.0 Å². The summed E-state index contributed by atoms with van der Waals surface area (Å²) in [5.41, 5.74) is 0.0549. The molecule has 5 rings (SSSR count). The standard InChI is InChI=1S/C23H16F3N3O3/c24-23(25,26)14-7-6-10-16(13-14)28-21(30)18-19(17-11-4-5-12-27-17)29(32-20(18)22(28)31)15-8-2-1-3-9-15/h1-13,18-20H/t18-,19-,20-/m0/s1. The molecule has 3 heterocycles. The number of imide groups is 1. The van der Waals surface area contributed by atoms with E-state index >= 15 is 0 Å². The molecule has 0 saturated carbocycles. The molecular weight excluding hydrogens is 423 g/mol. The second-order valence-electron chi connectivity index (χ2n) is 7.47. The highest BCUT2D eigenvalue weighted by molar-refractivity contribution is 6.23. The quantitative estimate of drug-likeness (QED) is 0.574. The summed E-state index contributed by atoms with van der Waals surface area (Å²) in [6, 6.07) is 17.6. The number of pyridine rings is 1. The van der Waals surface area contributed by atoms with Crippen molar-refractivity contribution < 1.29 is 27.6 Å². The number of anilines is 2. The molecule has 1 aromatic heterocycles. The number of nitrogens with zero attached hydrogens (tertiary/aromatic N) is 3. The molecule has 2 fully saturated rings. The van der Waals surface area contributed by atoms with Gasteiger partial charge in [0.05, 0.1) is 22.6 Å². The van der Waals surface area contributed by atoms with E-state index in [1.807, 2.05) is 6.07 Å². The molecule has 6 nitrogen and oxygen atoms in total. The van der Waals surface area contributed by atoms with Crippen molar-refractivity contribution >= 4 is 23.2 Å². The maximum atomic E-state index is 13.4. The van der Waals surface area contributed by atoms with Gasteiger partial charge in [0, 0.05) is 6.20 Å². The van der Waals surface area contributed by atoms with E-state index in [9.17, 15) is 22.8 Å². The van der Waals surface area contributed by atoms with Crippen LogP contribution in [0.25, 0.3) is 0 Å². The van der Waals surface area contributed by atoms with Crippen LogP contribution < -0.4 is 9.96 Å². The molecule has 2 amide bonds. The van der Waals surface area contributed by atoms with Gasteiger partial charge in [-0.3, -0.25) is 19.4 Å². The third kappa shape index (κ3) is 3.21. The second kappa shape index (κ2) is 7.45. The number of rotatable bonds is 3. The summed E-state index contributed by atoms with van der Waals surface area (Å²) >= 11 is 0. The Hall–Kier alpha value is -3.72. The van der Waals surface area contributed by atoms with Crippen molar-refractivity contribution in [3.05, 3.63) is 90.3 Å². The number of carbonyl (C=O) groups excluding carboxylic acids is 2. The van der Waals surface area contributed by atoms with Crippen molar-refractivity contribution in [1.29, 1.82) is 0 Å². The first-order valence-corrected chi connectivity index (χ1v) is 9.83. The van der Waals surface area contributed by atoms with E-state index in [2.05, 4.69) is 4.98 Å². The molecule has 3 atom stereocenters. The van der Waals surface area contributed by atoms with Gasteiger partial charge in [-0.05, 0) is 42.5 Å². The first-order valence-electron chi connectivity index (χ1n) is 9.83. The van der Waals surface area contributed by atoms with Gasteiger partial charge >= 0.3 is 6.18 Å². The summed E-state index contributed by atoms with van der Waals surface area (Å²) in [7, 11) is 0. The third-order valence-electron chi connectivity index (χ3n) is 5.55. The molecular formula is C23H16F3N3O3. The Kier molecular flexibility index (Phi) is 4.70. The highest BCUT2D eigenvalue weighted by Gasteiger charge is 2.60. The Morgan fingerprint density at radius 3 is 2.25 bits per heavy atom. The highest BCUT2D eigenvalue weighted by Crippen LogP contribution is 2.47. The Labute approximate surface area is 180 Å². The maximum absolute atomic E-state index is 13.4. The predicted molar refractivity (Wildman–Crippen MR) is 108 cm³/mol. The van der Waals surface area contributed by atoms with Crippen LogP contribution in [0.15, 0.2) is 79.0 Å². The van der Waals surface area contributed by atoms with Gasteiger partial charge in [0.25, 0.3) is 5.91 Å². The number of para-hydroxylation sites is 1. The van der Waals surface area contributed by atoms with Crippen molar-refractivity contribution in [3.63, 3.8) is 0 Å². The number of hydrogen-bond donors (Lipinski definition) is 0. The van der Waals surface area contributed by atoms with Crippen LogP contribution in [-0.2, 0) is 20.6 Å². The van der Waals surface area contributed by atoms with Crippen molar-refractivity contribution in [2.24, 2.45) is 5.92 Å². The number of carbonyl (C=O) groups is 2. The van der Waals surface area contributed by atoms with Crippen LogP contribution in [0.1, 0.15) is 17.3 Å². The zero-order chi connectivity index (χ0) is 22.5. The maximum Gasteiger partial charge on any atom is 0.416 e. The summed E-state index contributed by atoms with van der Waals surface area (Å²) in [6.45, 7) is 0. The van der Waals surface area contributed by atoms with E-state index in [1.165, 1.54) is 17.2 Å². The van der Waals surface area contributed by atoms with Crippen LogP contribution in [0, 0.1) is 5.92 Å². The largest absolute Gasteiger partial charge is 0.416 e. The minimum atomic E-state index is -4.60.